The quantitative estimate of drug-likeness (QED) is 0.832. The van der Waals surface area contributed by atoms with Gasteiger partial charge in [-0.15, -0.1) is 0 Å². The van der Waals surface area contributed by atoms with Crippen molar-refractivity contribution in [3.05, 3.63) is 30.3 Å². The number of anilines is 1. The maximum Gasteiger partial charge on any atom is 0.307 e. The second-order valence-corrected chi connectivity index (χ2v) is 5.27. The van der Waals surface area contributed by atoms with E-state index in [2.05, 4.69) is 0 Å². The summed E-state index contributed by atoms with van der Waals surface area (Å²) in [7, 11) is 0. The molecule has 0 saturated carbocycles. The molecule has 1 atom stereocenters. The van der Waals surface area contributed by atoms with Crippen LogP contribution in [0.5, 0.6) is 0 Å². The molecule has 0 heterocycles. The number of para-hydroxylation sites is 1. The van der Waals surface area contributed by atoms with Crippen LogP contribution in [-0.2, 0) is 9.59 Å². The third-order valence-corrected chi connectivity index (χ3v) is 3.33. The zero-order valence-electron chi connectivity index (χ0n) is 12.4. The van der Waals surface area contributed by atoms with Crippen LogP contribution in [0.25, 0.3) is 0 Å². The van der Waals surface area contributed by atoms with E-state index in [1.54, 1.807) is 4.90 Å². The summed E-state index contributed by atoms with van der Waals surface area (Å²) in [6.07, 6.45) is 0.877. The minimum Gasteiger partial charge on any atom is -0.481 e. The summed E-state index contributed by atoms with van der Waals surface area (Å²) < 4.78 is 0. The van der Waals surface area contributed by atoms with Crippen LogP contribution in [-0.4, -0.2) is 23.5 Å². The molecule has 20 heavy (non-hydrogen) atoms. The largest absolute Gasteiger partial charge is 0.481 e. The number of rotatable bonds is 7. The van der Waals surface area contributed by atoms with Crippen molar-refractivity contribution in [3.63, 3.8) is 0 Å². The first kappa shape index (κ1) is 16.2. The first-order chi connectivity index (χ1) is 9.47. The maximum absolute atomic E-state index is 12.4. The first-order valence-corrected chi connectivity index (χ1v) is 7.05. The monoisotopic (exact) mass is 277 g/mol. The van der Waals surface area contributed by atoms with Gasteiger partial charge in [-0.3, -0.25) is 9.59 Å². The summed E-state index contributed by atoms with van der Waals surface area (Å²) in [5.41, 5.74) is 0.826. The fourth-order valence-electron chi connectivity index (χ4n) is 2.14. The Labute approximate surface area is 120 Å². The minimum atomic E-state index is -0.905. The molecular formula is C16H23NO3. The molecule has 1 aromatic rings. The van der Waals surface area contributed by atoms with E-state index in [4.69, 9.17) is 0 Å². The predicted molar refractivity (Wildman–Crippen MR) is 79.7 cm³/mol. The van der Waals surface area contributed by atoms with Crippen molar-refractivity contribution in [1.29, 1.82) is 0 Å². The van der Waals surface area contributed by atoms with E-state index in [1.807, 2.05) is 51.1 Å². The SMILES string of the molecule is CCCN(C(=O)C[C@H](C(=O)O)C(C)C)c1ccccc1. The second-order valence-electron chi connectivity index (χ2n) is 5.27. The fourth-order valence-corrected chi connectivity index (χ4v) is 2.14. The predicted octanol–water partition coefficient (Wildman–Crippen LogP) is 3.18. The van der Waals surface area contributed by atoms with Crippen LogP contribution in [0.1, 0.15) is 33.6 Å². The van der Waals surface area contributed by atoms with Gasteiger partial charge in [-0.25, -0.2) is 0 Å². The van der Waals surface area contributed by atoms with Crippen LogP contribution in [0, 0.1) is 11.8 Å². The van der Waals surface area contributed by atoms with Gasteiger partial charge >= 0.3 is 5.97 Å². The summed E-state index contributed by atoms with van der Waals surface area (Å²) in [5.74, 6) is -1.72. The van der Waals surface area contributed by atoms with Gasteiger partial charge in [-0.2, -0.15) is 0 Å². The van der Waals surface area contributed by atoms with E-state index in [1.165, 1.54) is 0 Å². The van der Waals surface area contributed by atoms with Crippen molar-refractivity contribution in [2.75, 3.05) is 11.4 Å². The van der Waals surface area contributed by atoms with Crippen LogP contribution in [0.3, 0.4) is 0 Å². The lowest BCUT2D eigenvalue weighted by Crippen LogP contribution is -2.35. The lowest BCUT2D eigenvalue weighted by Gasteiger charge is -2.25. The van der Waals surface area contributed by atoms with E-state index in [9.17, 15) is 14.7 Å². The molecule has 1 rings (SSSR count). The van der Waals surface area contributed by atoms with Gasteiger partial charge in [0.15, 0.2) is 0 Å². The Morgan fingerprint density at radius 1 is 1.20 bits per heavy atom. The molecule has 4 heteroatoms. The van der Waals surface area contributed by atoms with Crippen molar-refractivity contribution in [2.45, 2.75) is 33.6 Å². The van der Waals surface area contributed by atoms with Gasteiger partial charge in [-0.05, 0) is 24.5 Å². The van der Waals surface area contributed by atoms with E-state index < -0.39 is 11.9 Å². The molecule has 0 saturated heterocycles. The molecule has 0 unspecified atom stereocenters. The molecule has 110 valence electrons. The van der Waals surface area contributed by atoms with Crippen molar-refractivity contribution < 1.29 is 14.7 Å². The smallest absolute Gasteiger partial charge is 0.307 e. The Bertz CT molecular complexity index is 442. The standard InChI is InChI=1S/C16H23NO3/c1-4-10-17(13-8-6-5-7-9-13)15(18)11-14(12(2)3)16(19)20/h5-9,12,14H,4,10-11H2,1-3H3,(H,19,20)/t14-/m0/s1. The van der Waals surface area contributed by atoms with Gasteiger partial charge in [0.25, 0.3) is 0 Å². The molecule has 0 bridgehead atoms. The van der Waals surface area contributed by atoms with Crippen molar-refractivity contribution in [3.8, 4) is 0 Å². The van der Waals surface area contributed by atoms with Crippen molar-refractivity contribution >= 4 is 17.6 Å². The molecule has 4 nitrogen and oxygen atoms in total. The number of hydrogen-bond acceptors (Lipinski definition) is 2. The first-order valence-electron chi connectivity index (χ1n) is 7.05. The molecule has 0 aromatic heterocycles. The van der Waals surface area contributed by atoms with Gasteiger partial charge in [-0.1, -0.05) is 39.0 Å². The fraction of sp³-hybridized carbons (Fsp3) is 0.500. The Hall–Kier alpha value is -1.84. The Kier molecular flexibility index (Phi) is 6.22. The van der Waals surface area contributed by atoms with Crippen LogP contribution in [0.2, 0.25) is 0 Å². The molecule has 0 aliphatic rings. The third kappa shape index (κ3) is 4.37. The normalized spacial score (nSPS) is 12.2. The highest BCUT2D eigenvalue weighted by Gasteiger charge is 2.27. The summed E-state index contributed by atoms with van der Waals surface area (Å²) in [6.45, 7) is 6.27. The summed E-state index contributed by atoms with van der Waals surface area (Å²) in [6, 6.07) is 9.40. The highest BCUT2D eigenvalue weighted by molar-refractivity contribution is 5.95. The highest BCUT2D eigenvalue weighted by Crippen LogP contribution is 2.21. The van der Waals surface area contributed by atoms with Gasteiger partial charge in [0.05, 0.1) is 5.92 Å². The lowest BCUT2D eigenvalue weighted by atomic mass is 9.92. The van der Waals surface area contributed by atoms with E-state index >= 15 is 0 Å². The van der Waals surface area contributed by atoms with Crippen LogP contribution in [0.4, 0.5) is 5.69 Å². The Balaban J connectivity index is 2.87. The maximum atomic E-state index is 12.4. The Morgan fingerprint density at radius 3 is 2.25 bits per heavy atom. The molecular weight excluding hydrogens is 254 g/mol. The molecule has 1 N–H and O–H groups in total. The number of amides is 1. The average molecular weight is 277 g/mol. The molecule has 0 spiro atoms. The lowest BCUT2D eigenvalue weighted by molar-refractivity contribution is -0.145. The van der Waals surface area contributed by atoms with Gasteiger partial charge in [0, 0.05) is 18.7 Å². The molecule has 1 aromatic carbocycles. The van der Waals surface area contributed by atoms with E-state index in [0.717, 1.165) is 12.1 Å². The molecule has 0 aliphatic carbocycles. The number of benzene rings is 1. The third-order valence-electron chi connectivity index (χ3n) is 3.33. The van der Waals surface area contributed by atoms with Crippen LogP contribution in [0.15, 0.2) is 30.3 Å². The Morgan fingerprint density at radius 2 is 1.80 bits per heavy atom. The molecule has 0 fully saturated rings. The number of nitrogens with zero attached hydrogens (tertiary/aromatic N) is 1. The molecule has 0 aliphatic heterocycles. The molecule has 0 radical (unpaired) electrons. The minimum absolute atomic E-state index is 0.0435. The number of carbonyl (C=O) groups is 2. The van der Waals surface area contributed by atoms with Crippen molar-refractivity contribution in [2.24, 2.45) is 11.8 Å². The van der Waals surface area contributed by atoms with Gasteiger partial charge in [0.2, 0.25) is 5.91 Å². The van der Waals surface area contributed by atoms with Crippen LogP contribution >= 0.6 is 0 Å². The zero-order chi connectivity index (χ0) is 15.1. The van der Waals surface area contributed by atoms with Gasteiger partial charge < -0.3 is 10.0 Å². The highest BCUT2D eigenvalue weighted by atomic mass is 16.4. The van der Waals surface area contributed by atoms with E-state index in [0.29, 0.717) is 6.54 Å². The summed E-state index contributed by atoms with van der Waals surface area (Å²) in [5, 5.41) is 9.20. The summed E-state index contributed by atoms with van der Waals surface area (Å²) >= 11 is 0. The average Bonchev–Trinajstić information content (AvgIpc) is 2.42. The van der Waals surface area contributed by atoms with Crippen LogP contribution < -0.4 is 4.90 Å². The van der Waals surface area contributed by atoms with Gasteiger partial charge in [0.1, 0.15) is 0 Å². The summed E-state index contributed by atoms with van der Waals surface area (Å²) in [4.78, 5) is 25.3. The number of aliphatic carboxylic acids is 1. The topological polar surface area (TPSA) is 57.6 Å². The second kappa shape index (κ2) is 7.68. The molecule has 1 amide bonds. The zero-order valence-corrected chi connectivity index (χ0v) is 12.4. The number of carboxylic acid groups (broad SMARTS) is 1. The van der Waals surface area contributed by atoms with Crippen molar-refractivity contribution in [1.82, 2.24) is 0 Å². The number of hydrogen-bond donors (Lipinski definition) is 1. The van der Waals surface area contributed by atoms with E-state index in [-0.39, 0.29) is 18.2 Å². The number of carboxylic acids is 1. The number of carbonyl (C=O) groups excluding carboxylic acids is 1.